The van der Waals surface area contributed by atoms with E-state index in [1.54, 1.807) is 4.90 Å². The van der Waals surface area contributed by atoms with Gasteiger partial charge in [0.1, 0.15) is 0 Å². The number of nitrogens with one attached hydrogen (secondary N) is 1. The van der Waals surface area contributed by atoms with Crippen LogP contribution in [0.1, 0.15) is 40.0 Å². The van der Waals surface area contributed by atoms with Gasteiger partial charge in [-0.05, 0) is 12.3 Å². The molecule has 5 heteroatoms. The Morgan fingerprint density at radius 1 is 1.50 bits per heavy atom. The summed E-state index contributed by atoms with van der Waals surface area (Å²) in [6, 6.07) is -0.126. The van der Waals surface area contributed by atoms with Gasteiger partial charge in [0.25, 0.3) is 0 Å². The zero-order valence-corrected chi connectivity index (χ0v) is 11.7. The minimum absolute atomic E-state index is 0.0551. The van der Waals surface area contributed by atoms with Gasteiger partial charge in [0.05, 0.1) is 25.7 Å². The van der Waals surface area contributed by atoms with Crippen LogP contribution in [0.2, 0.25) is 0 Å². The minimum Gasteiger partial charge on any atom is -0.469 e. The molecule has 1 saturated heterocycles. The molecular formula is C13H24N2O3. The molecule has 0 aromatic carbocycles. The van der Waals surface area contributed by atoms with Gasteiger partial charge in [0.2, 0.25) is 5.91 Å². The Hall–Kier alpha value is -1.10. The van der Waals surface area contributed by atoms with Crippen LogP contribution >= 0.6 is 0 Å². The van der Waals surface area contributed by atoms with E-state index in [1.165, 1.54) is 7.11 Å². The van der Waals surface area contributed by atoms with E-state index in [4.69, 9.17) is 0 Å². The number of nitrogens with zero attached hydrogens (tertiary/aromatic N) is 1. The number of rotatable bonds is 6. The summed E-state index contributed by atoms with van der Waals surface area (Å²) in [4.78, 5) is 25.2. The number of carbonyl (C=O) groups is 2. The van der Waals surface area contributed by atoms with Crippen LogP contribution < -0.4 is 5.32 Å². The average Bonchev–Trinajstić information content (AvgIpc) is 2.64. The molecule has 18 heavy (non-hydrogen) atoms. The summed E-state index contributed by atoms with van der Waals surface area (Å²) in [5.41, 5.74) is 0. The molecule has 2 unspecified atom stereocenters. The van der Waals surface area contributed by atoms with Crippen LogP contribution in [-0.4, -0.2) is 42.6 Å². The number of hydrogen-bond acceptors (Lipinski definition) is 4. The van der Waals surface area contributed by atoms with E-state index in [2.05, 4.69) is 17.0 Å². The molecule has 0 aromatic heterocycles. The molecule has 1 fully saturated rings. The molecular weight excluding hydrogens is 232 g/mol. The molecule has 104 valence electrons. The van der Waals surface area contributed by atoms with E-state index in [0.29, 0.717) is 6.54 Å². The van der Waals surface area contributed by atoms with Crippen molar-refractivity contribution in [2.75, 3.05) is 13.7 Å². The van der Waals surface area contributed by atoms with Gasteiger partial charge in [0, 0.05) is 6.54 Å². The molecule has 1 aliphatic heterocycles. The Morgan fingerprint density at radius 3 is 2.67 bits per heavy atom. The summed E-state index contributed by atoms with van der Waals surface area (Å²) in [5.74, 6) is 0.0957. The highest BCUT2D eigenvalue weighted by Crippen LogP contribution is 2.20. The van der Waals surface area contributed by atoms with Crippen LogP contribution in [0, 0.1) is 5.92 Å². The van der Waals surface area contributed by atoms with Gasteiger partial charge in [-0.25, -0.2) is 0 Å². The molecule has 1 heterocycles. The molecule has 0 bridgehead atoms. The SMILES string of the molecule is CCCC1NC(C(C)C)C(=O)N1CCC(=O)OC. The Morgan fingerprint density at radius 2 is 2.17 bits per heavy atom. The fourth-order valence-electron chi connectivity index (χ4n) is 2.27. The van der Waals surface area contributed by atoms with Gasteiger partial charge in [-0.1, -0.05) is 27.2 Å². The normalized spacial score (nSPS) is 23.8. The van der Waals surface area contributed by atoms with Crippen molar-refractivity contribution in [3.05, 3.63) is 0 Å². The monoisotopic (exact) mass is 256 g/mol. The molecule has 1 amide bonds. The molecule has 0 aliphatic carbocycles. The minimum atomic E-state index is -0.272. The molecule has 0 aromatic rings. The predicted octanol–water partition coefficient (Wildman–Crippen LogP) is 1.13. The van der Waals surface area contributed by atoms with Crippen molar-refractivity contribution in [3.63, 3.8) is 0 Å². The van der Waals surface area contributed by atoms with Crippen molar-refractivity contribution in [1.82, 2.24) is 10.2 Å². The van der Waals surface area contributed by atoms with Gasteiger partial charge in [-0.2, -0.15) is 0 Å². The van der Waals surface area contributed by atoms with Crippen molar-refractivity contribution < 1.29 is 14.3 Å². The molecule has 0 spiro atoms. The largest absolute Gasteiger partial charge is 0.469 e. The van der Waals surface area contributed by atoms with E-state index in [9.17, 15) is 9.59 Å². The zero-order chi connectivity index (χ0) is 13.7. The van der Waals surface area contributed by atoms with Crippen molar-refractivity contribution in [3.8, 4) is 0 Å². The molecule has 1 aliphatic rings. The van der Waals surface area contributed by atoms with E-state index in [0.717, 1.165) is 12.8 Å². The Labute approximate surface area is 109 Å². The van der Waals surface area contributed by atoms with Crippen molar-refractivity contribution in [1.29, 1.82) is 0 Å². The number of ether oxygens (including phenoxy) is 1. The van der Waals surface area contributed by atoms with Gasteiger partial charge >= 0.3 is 5.97 Å². The van der Waals surface area contributed by atoms with E-state index >= 15 is 0 Å². The molecule has 1 rings (SSSR count). The Kier molecular flexibility index (Phi) is 5.59. The van der Waals surface area contributed by atoms with E-state index < -0.39 is 0 Å². The first kappa shape index (κ1) is 15.0. The zero-order valence-electron chi connectivity index (χ0n) is 11.7. The second-order valence-corrected chi connectivity index (χ2v) is 5.05. The van der Waals surface area contributed by atoms with Gasteiger partial charge in [-0.3, -0.25) is 14.9 Å². The lowest BCUT2D eigenvalue weighted by Gasteiger charge is -2.23. The van der Waals surface area contributed by atoms with Crippen LogP contribution in [0.5, 0.6) is 0 Å². The highest BCUT2D eigenvalue weighted by Gasteiger charge is 2.39. The molecule has 0 saturated carbocycles. The first-order valence-electron chi connectivity index (χ1n) is 6.64. The first-order valence-corrected chi connectivity index (χ1v) is 6.64. The fraction of sp³-hybridized carbons (Fsp3) is 0.846. The average molecular weight is 256 g/mol. The van der Waals surface area contributed by atoms with Crippen LogP contribution in [-0.2, 0) is 14.3 Å². The summed E-state index contributed by atoms with van der Waals surface area (Å²) >= 11 is 0. The summed E-state index contributed by atoms with van der Waals surface area (Å²) in [7, 11) is 1.37. The molecule has 0 radical (unpaired) electrons. The van der Waals surface area contributed by atoms with Crippen molar-refractivity contribution in [2.24, 2.45) is 5.92 Å². The number of hydrogen-bond donors (Lipinski definition) is 1. The third-order valence-electron chi connectivity index (χ3n) is 3.31. The highest BCUT2D eigenvalue weighted by atomic mass is 16.5. The predicted molar refractivity (Wildman–Crippen MR) is 68.8 cm³/mol. The van der Waals surface area contributed by atoms with Gasteiger partial charge in [0.15, 0.2) is 0 Å². The topological polar surface area (TPSA) is 58.6 Å². The summed E-state index contributed by atoms with van der Waals surface area (Å²) < 4.78 is 4.62. The Bertz CT molecular complexity index is 305. The van der Waals surface area contributed by atoms with Crippen molar-refractivity contribution in [2.45, 2.75) is 52.2 Å². The van der Waals surface area contributed by atoms with Crippen LogP contribution in [0.25, 0.3) is 0 Å². The highest BCUT2D eigenvalue weighted by molar-refractivity contribution is 5.85. The van der Waals surface area contributed by atoms with Gasteiger partial charge < -0.3 is 9.64 Å². The van der Waals surface area contributed by atoms with E-state index in [1.807, 2.05) is 13.8 Å². The molecule has 1 N–H and O–H groups in total. The molecule has 2 atom stereocenters. The maximum Gasteiger partial charge on any atom is 0.307 e. The number of methoxy groups -OCH3 is 1. The van der Waals surface area contributed by atoms with Crippen molar-refractivity contribution >= 4 is 11.9 Å². The van der Waals surface area contributed by atoms with Gasteiger partial charge in [-0.15, -0.1) is 0 Å². The number of carbonyl (C=O) groups excluding carboxylic acids is 2. The first-order chi connectivity index (χ1) is 8.51. The van der Waals surface area contributed by atoms with Crippen LogP contribution in [0.15, 0.2) is 0 Å². The fourth-order valence-corrected chi connectivity index (χ4v) is 2.27. The standard InChI is InChI=1S/C13H24N2O3/c1-5-6-10-14-12(9(2)3)13(17)15(10)8-7-11(16)18-4/h9-10,12,14H,5-8H2,1-4H3. The summed E-state index contributed by atoms with van der Waals surface area (Å²) in [5, 5.41) is 3.36. The third-order valence-corrected chi connectivity index (χ3v) is 3.31. The quantitative estimate of drug-likeness (QED) is 0.724. The maximum atomic E-state index is 12.2. The lowest BCUT2D eigenvalue weighted by Crippen LogP contribution is -2.38. The summed E-state index contributed by atoms with van der Waals surface area (Å²) in [6.45, 7) is 6.59. The Balaban J connectivity index is 2.65. The summed E-state index contributed by atoms with van der Waals surface area (Å²) in [6.07, 6.45) is 2.23. The second-order valence-electron chi connectivity index (χ2n) is 5.05. The van der Waals surface area contributed by atoms with Crippen LogP contribution in [0.3, 0.4) is 0 Å². The lowest BCUT2D eigenvalue weighted by atomic mass is 10.1. The lowest BCUT2D eigenvalue weighted by molar-refractivity contribution is -0.141. The van der Waals surface area contributed by atoms with E-state index in [-0.39, 0.29) is 36.4 Å². The maximum absolute atomic E-state index is 12.2. The third kappa shape index (κ3) is 3.45. The number of amides is 1. The number of esters is 1. The second kappa shape index (κ2) is 6.73. The molecule has 5 nitrogen and oxygen atoms in total. The smallest absolute Gasteiger partial charge is 0.307 e. The van der Waals surface area contributed by atoms with Crippen LogP contribution in [0.4, 0.5) is 0 Å².